The van der Waals surface area contributed by atoms with Gasteiger partial charge in [-0.05, 0) is 45.2 Å². The largest absolute Gasteiger partial charge is 0.451 e. The van der Waals surface area contributed by atoms with E-state index in [0.29, 0.717) is 0 Å². The van der Waals surface area contributed by atoms with E-state index in [1.807, 2.05) is 0 Å². The van der Waals surface area contributed by atoms with E-state index in [9.17, 15) is 18.0 Å². The highest BCUT2D eigenvalue weighted by molar-refractivity contribution is 7.89. The van der Waals surface area contributed by atoms with E-state index in [1.54, 1.807) is 0 Å². The van der Waals surface area contributed by atoms with E-state index >= 15 is 0 Å². The highest BCUT2D eigenvalue weighted by Crippen LogP contribution is 2.11. The molecule has 0 spiro atoms. The third-order valence-corrected chi connectivity index (χ3v) is 3.96. The molecular formula is C12H15NO5S. The number of esters is 1. The molecule has 1 aromatic rings. The Morgan fingerprint density at radius 2 is 1.74 bits per heavy atom. The second-order valence-electron chi connectivity index (χ2n) is 3.89. The number of hydrogen-bond donors (Lipinski definition) is 1. The Labute approximate surface area is 111 Å². The van der Waals surface area contributed by atoms with Gasteiger partial charge in [0.05, 0.1) is 10.5 Å². The maximum Gasteiger partial charge on any atom is 0.338 e. The van der Waals surface area contributed by atoms with E-state index in [2.05, 4.69) is 4.72 Å². The van der Waals surface area contributed by atoms with Gasteiger partial charge >= 0.3 is 5.97 Å². The molecule has 0 saturated carbocycles. The van der Waals surface area contributed by atoms with Crippen molar-refractivity contribution in [2.24, 2.45) is 0 Å². The molecule has 0 aliphatic heterocycles. The van der Waals surface area contributed by atoms with Gasteiger partial charge < -0.3 is 4.74 Å². The molecule has 0 aromatic heterocycles. The summed E-state index contributed by atoms with van der Waals surface area (Å²) >= 11 is 0. The van der Waals surface area contributed by atoms with Crippen LogP contribution in [0.15, 0.2) is 29.2 Å². The van der Waals surface area contributed by atoms with E-state index in [0.717, 1.165) is 0 Å². The molecule has 0 aliphatic carbocycles. The van der Waals surface area contributed by atoms with Crippen molar-refractivity contribution in [2.75, 3.05) is 7.05 Å². The van der Waals surface area contributed by atoms with Crippen LogP contribution >= 0.6 is 0 Å². The first-order chi connectivity index (χ1) is 8.77. The number of ether oxygens (including phenoxy) is 1. The lowest BCUT2D eigenvalue weighted by Gasteiger charge is -2.10. The third-order valence-electron chi connectivity index (χ3n) is 2.53. The molecule has 1 aromatic carbocycles. The number of rotatable bonds is 5. The van der Waals surface area contributed by atoms with Crippen molar-refractivity contribution in [1.82, 2.24) is 4.72 Å². The van der Waals surface area contributed by atoms with E-state index in [-0.39, 0.29) is 16.2 Å². The highest BCUT2D eigenvalue weighted by atomic mass is 32.2. The van der Waals surface area contributed by atoms with Gasteiger partial charge in [-0.3, -0.25) is 4.79 Å². The van der Waals surface area contributed by atoms with Crippen LogP contribution in [0.25, 0.3) is 0 Å². The summed E-state index contributed by atoms with van der Waals surface area (Å²) in [6.07, 6.45) is -0.826. The van der Waals surface area contributed by atoms with Crippen LogP contribution in [0.1, 0.15) is 24.2 Å². The highest BCUT2D eigenvalue weighted by Gasteiger charge is 2.17. The van der Waals surface area contributed by atoms with Gasteiger partial charge in [0, 0.05) is 0 Å². The molecule has 1 unspecified atom stereocenters. The van der Waals surface area contributed by atoms with Crippen molar-refractivity contribution in [3.05, 3.63) is 29.8 Å². The zero-order valence-electron chi connectivity index (χ0n) is 10.8. The fourth-order valence-corrected chi connectivity index (χ4v) is 1.93. The first kappa shape index (κ1) is 15.3. The van der Waals surface area contributed by atoms with Gasteiger partial charge in [-0.15, -0.1) is 0 Å². The molecule has 1 atom stereocenters. The summed E-state index contributed by atoms with van der Waals surface area (Å²) in [6.45, 7) is 2.79. The monoisotopic (exact) mass is 285 g/mol. The molecule has 0 bridgehead atoms. The first-order valence-corrected chi connectivity index (χ1v) is 7.01. The van der Waals surface area contributed by atoms with E-state index < -0.39 is 22.1 Å². The predicted octanol–water partition coefficient (Wildman–Crippen LogP) is 0.729. The SMILES string of the molecule is CNS(=O)(=O)c1ccc(C(=O)OC(C)C(C)=O)cc1. The van der Waals surface area contributed by atoms with Gasteiger partial charge in [-0.25, -0.2) is 17.9 Å². The normalized spacial score (nSPS) is 12.8. The fraction of sp³-hybridized carbons (Fsp3) is 0.333. The molecule has 6 nitrogen and oxygen atoms in total. The standard InChI is InChI=1S/C12H15NO5S/c1-8(14)9(2)18-12(15)10-4-6-11(7-5-10)19(16,17)13-3/h4-7,9,13H,1-3H3. The average Bonchev–Trinajstić information content (AvgIpc) is 2.38. The Morgan fingerprint density at radius 3 is 2.16 bits per heavy atom. The molecule has 104 valence electrons. The van der Waals surface area contributed by atoms with Crippen LogP contribution in [-0.2, 0) is 19.6 Å². The molecule has 0 radical (unpaired) electrons. The number of carbonyl (C=O) groups excluding carboxylic acids is 2. The lowest BCUT2D eigenvalue weighted by Crippen LogP contribution is -2.22. The Kier molecular flexibility index (Phi) is 4.79. The summed E-state index contributed by atoms with van der Waals surface area (Å²) in [6, 6.07) is 5.25. The summed E-state index contributed by atoms with van der Waals surface area (Å²) in [7, 11) is -2.24. The van der Waals surface area contributed by atoms with Gasteiger partial charge in [-0.1, -0.05) is 0 Å². The predicted molar refractivity (Wildman–Crippen MR) is 68.2 cm³/mol. The lowest BCUT2D eigenvalue weighted by molar-refractivity contribution is -0.124. The van der Waals surface area contributed by atoms with Crippen LogP contribution in [0.3, 0.4) is 0 Å². The number of carbonyl (C=O) groups is 2. The Balaban J connectivity index is 2.88. The number of nitrogens with one attached hydrogen (secondary N) is 1. The second-order valence-corrected chi connectivity index (χ2v) is 5.78. The van der Waals surface area contributed by atoms with E-state index in [1.165, 1.54) is 45.2 Å². The van der Waals surface area contributed by atoms with Crippen molar-refractivity contribution in [2.45, 2.75) is 24.8 Å². The Hall–Kier alpha value is -1.73. The van der Waals surface area contributed by atoms with Crippen LogP contribution in [0.2, 0.25) is 0 Å². The van der Waals surface area contributed by atoms with E-state index in [4.69, 9.17) is 4.74 Å². The van der Waals surface area contributed by atoms with Crippen LogP contribution < -0.4 is 4.72 Å². The minimum absolute atomic E-state index is 0.0474. The zero-order valence-corrected chi connectivity index (χ0v) is 11.7. The molecule has 0 aliphatic rings. The third kappa shape index (κ3) is 3.87. The molecule has 0 amide bonds. The van der Waals surface area contributed by atoms with Crippen molar-refractivity contribution >= 4 is 21.8 Å². The van der Waals surface area contributed by atoms with Crippen molar-refractivity contribution in [1.29, 1.82) is 0 Å². The van der Waals surface area contributed by atoms with Crippen LogP contribution in [0.5, 0.6) is 0 Å². The first-order valence-electron chi connectivity index (χ1n) is 5.53. The van der Waals surface area contributed by atoms with Gasteiger partial charge in [0.25, 0.3) is 0 Å². The molecule has 1 N–H and O–H groups in total. The molecule has 0 saturated heterocycles. The Bertz CT molecular complexity index is 577. The lowest BCUT2D eigenvalue weighted by atomic mass is 10.2. The van der Waals surface area contributed by atoms with Crippen LogP contribution in [-0.4, -0.2) is 33.3 Å². The van der Waals surface area contributed by atoms with Crippen molar-refractivity contribution in [3.63, 3.8) is 0 Å². The minimum Gasteiger partial charge on any atom is -0.451 e. The van der Waals surface area contributed by atoms with Gasteiger partial charge in [0.15, 0.2) is 11.9 Å². The molecule has 7 heteroatoms. The smallest absolute Gasteiger partial charge is 0.338 e. The molecular weight excluding hydrogens is 270 g/mol. The molecule has 1 rings (SSSR count). The second kappa shape index (κ2) is 5.94. The van der Waals surface area contributed by atoms with Crippen LogP contribution in [0.4, 0.5) is 0 Å². The van der Waals surface area contributed by atoms with Crippen molar-refractivity contribution < 1.29 is 22.7 Å². The minimum atomic E-state index is -3.53. The summed E-state index contributed by atoms with van der Waals surface area (Å²) < 4.78 is 30.0. The summed E-state index contributed by atoms with van der Waals surface area (Å²) in [4.78, 5) is 22.7. The molecule has 19 heavy (non-hydrogen) atoms. The summed E-state index contributed by atoms with van der Waals surface area (Å²) in [5.41, 5.74) is 0.183. The maximum atomic E-state index is 11.7. The van der Waals surface area contributed by atoms with Gasteiger partial charge in [-0.2, -0.15) is 0 Å². The van der Waals surface area contributed by atoms with Gasteiger partial charge in [0.2, 0.25) is 10.0 Å². The average molecular weight is 285 g/mol. The van der Waals surface area contributed by atoms with Crippen LogP contribution in [0, 0.1) is 0 Å². The molecule has 0 fully saturated rings. The number of Topliss-reactive ketones (excluding diaryl/α,β-unsaturated/α-hetero) is 1. The van der Waals surface area contributed by atoms with Gasteiger partial charge in [0.1, 0.15) is 0 Å². The number of ketones is 1. The number of hydrogen-bond acceptors (Lipinski definition) is 5. The Morgan fingerprint density at radius 1 is 1.21 bits per heavy atom. The van der Waals surface area contributed by atoms with Crippen molar-refractivity contribution in [3.8, 4) is 0 Å². The fourth-order valence-electron chi connectivity index (χ4n) is 1.20. The summed E-state index contributed by atoms with van der Waals surface area (Å²) in [5, 5.41) is 0. The maximum absolute atomic E-state index is 11.7. The molecule has 0 heterocycles. The summed E-state index contributed by atoms with van der Waals surface area (Å²) in [5.74, 6) is -0.932. The topological polar surface area (TPSA) is 89.5 Å². The zero-order chi connectivity index (χ0) is 14.6. The number of sulfonamides is 1. The number of benzene rings is 1. The quantitative estimate of drug-likeness (QED) is 0.805.